The molecule has 4 rings (SSSR count). The Hall–Kier alpha value is -4.01. The van der Waals surface area contributed by atoms with Gasteiger partial charge in [0.05, 0.1) is 23.4 Å². The van der Waals surface area contributed by atoms with Crippen LogP contribution >= 0.6 is 0 Å². The molecular weight excluding hydrogens is 408 g/mol. The first kappa shape index (κ1) is 21.2. The van der Waals surface area contributed by atoms with Crippen molar-refractivity contribution in [2.24, 2.45) is 5.41 Å². The SMILES string of the molecule is CC(C)(C)C1C(c2ccc3nccc(NC(=O)Nc4cnccn4)c3c2)=CCN1C(=O)O. The van der Waals surface area contributed by atoms with Crippen LogP contribution in [0.5, 0.6) is 0 Å². The van der Waals surface area contributed by atoms with Gasteiger partial charge in [-0.1, -0.05) is 32.9 Å². The Labute approximate surface area is 185 Å². The molecular formula is C23H24N6O3. The highest BCUT2D eigenvalue weighted by Gasteiger charge is 2.39. The third kappa shape index (κ3) is 4.22. The van der Waals surface area contributed by atoms with Gasteiger partial charge in [0.2, 0.25) is 0 Å². The van der Waals surface area contributed by atoms with Crippen molar-refractivity contribution in [2.45, 2.75) is 26.8 Å². The summed E-state index contributed by atoms with van der Waals surface area (Å²) in [6.07, 6.45) is 7.10. The topological polar surface area (TPSA) is 120 Å². The lowest BCUT2D eigenvalue weighted by molar-refractivity contribution is 0.118. The van der Waals surface area contributed by atoms with Gasteiger partial charge in [0.15, 0.2) is 5.82 Å². The summed E-state index contributed by atoms with van der Waals surface area (Å²) < 4.78 is 0. The average molecular weight is 432 g/mol. The molecule has 3 N–H and O–H groups in total. The normalized spacial score (nSPS) is 16.0. The van der Waals surface area contributed by atoms with Gasteiger partial charge in [-0.25, -0.2) is 14.6 Å². The number of fused-ring (bicyclic) bond motifs is 1. The molecule has 0 saturated heterocycles. The van der Waals surface area contributed by atoms with Crippen LogP contribution in [0.1, 0.15) is 26.3 Å². The van der Waals surface area contributed by atoms with E-state index >= 15 is 0 Å². The number of carbonyl (C=O) groups excluding carboxylic acids is 1. The number of amides is 3. The predicted octanol–water partition coefficient (Wildman–Crippen LogP) is 4.46. The second-order valence-electron chi connectivity index (χ2n) is 8.62. The van der Waals surface area contributed by atoms with Crippen molar-refractivity contribution < 1.29 is 14.7 Å². The van der Waals surface area contributed by atoms with E-state index in [-0.39, 0.29) is 11.5 Å². The number of nitrogens with zero attached hydrogens (tertiary/aromatic N) is 4. The second kappa shape index (κ2) is 8.26. The van der Waals surface area contributed by atoms with Crippen LogP contribution < -0.4 is 10.6 Å². The number of carbonyl (C=O) groups is 2. The molecule has 1 atom stereocenters. The summed E-state index contributed by atoms with van der Waals surface area (Å²) in [5.41, 5.74) is 2.85. The van der Waals surface area contributed by atoms with E-state index in [1.807, 2.05) is 45.0 Å². The molecule has 2 aromatic heterocycles. The molecule has 164 valence electrons. The Balaban J connectivity index is 1.67. The van der Waals surface area contributed by atoms with Gasteiger partial charge in [0, 0.05) is 30.5 Å². The fourth-order valence-corrected chi connectivity index (χ4v) is 4.05. The number of urea groups is 1. The molecule has 1 aliphatic heterocycles. The van der Waals surface area contributed by atoms with E-state index in [4.69, 9.17) is 0 Å². The van der Waals surface area contributed by atoms with E-state index in [2.05, 4.69) is 25.6 Å². The number of anilines is 2. The van der Waals surface area contributed by atoms with Crippen molar-refractivity contribution >= 4 is 40.1 Å². The van der Waals surface area contributed by atoms with Gasteiger partial charge in [-0.3, -0.25) is 20.2 Å². The Morgan fingerprint density at radius 2 is 1.91 bits per heavy atom. The third-order valence-corrected chi connectivity index (χ3v) is 5.31. The van der Waals surface area contributed by atoms with Crippen molar-refractivity contribution in [2.75, 3.05) is 17.2 Å². The van der Waals surface area contributed by atoms with E-state index in [0.717, 1.165) is 16.5 Å². The molecule has 0 fully saturated rings. The van der Waals surface area contributed by atoms with Crippen molar-refractivity contribution in [3.05, 3.63) is 60.7 Å². The van der Waals surface area contributed by atoms with Crippen molar-refractivity contribution in [1.82, 2.24) is 19.9 Å². The highest BCUT2D eigenvalue weighted by Crippen LogP contribution is 2.40. The van der Waals surface area contributed by atoms with Crippen molar-refractivity contribution in [1.29, 1.82) is 0 Å². The van der Waals surface area contributed by atoms with Gasteiger partial charge in [-0.2, -0.15) is 0 Å². The summed E-state index contributed by atoms with van der Waals surface area (Å²) in [6.45, 7) is 6.42. The molecule has 0 radical (unpaired) electrons. The lowest BCUT2D eigenvalue weighted by atomic mass is 9.80. The zero-order valence-electron chi connectivity index (χ0n) is 18.0. The molecule has 9 nitrogen and oxygen atoms in total. The smallest absolute Gasteiger partial charge is 0.408 e. The summed E-state index contributed by atoms with van der Waals surface area (Å²) in [5, 5.41) is 15.9. The molecule has 3 amide bonds. The fourth-order valence-electron chi connectivity index (χ4n) is 4.05. The lowest BCUT2D eigenvalue weighted by Crippen LogP contribution is -2.44. The number of benzene rings is 1. The molecule has 0 aliphatic carbocycles. The van der Waals surface area contributed by atoms with Crippen LogP contribution in [0.25, 0.3) is 16.5 Å². The first-order valence-electron chi connectivity index (χ1n) is 10.2. The first-order chi connectivity index (χ1) is 15.2. The monoisotopic (exact) mass is 432 g/mol. The maximum Gasteiger partial charge on any atom is 0.408 e. The predicted molar refractivity (Wildman–Crippen MR) is 122 cm³/mol. The molecule has 1 unspecified atom stereocenters. The minimum absolute atomic E-state index is 0.287. The minimum Gasteiger partial charge on any atom is -0.465 e. The summed E-state index contributed by atoms with van der Waals surface area (Å²) in [7, 11) is 0. The van der Waals surface area contributed by atoms with Crippen LogP contribution in [0.4, 0.5) is 21.1 Å². The zero-order chi connectivity index (χ0) is 22.9. The van der Waals surface area contributed by atoms with Crippen molar-refractivity contribution in [3.8, 4) is 0 Å². The summed E-state index contributed by atoms with van der Waals surface area (Å²) in [4.78, 5) is 38.1. The molecule has 1 aromatic carbocycles. The quantitative estimate of drug-likeness (QED) is 0.562. The van der Waals surface area contributed by atoms with Gasteiger partial charge < -0.3 is 10.4 Å². The number of aromatic nitrogens is 3. The van der Waals surface area contributed by atoms with Gasteiger partial charge >= 0.3 is 12.1 Å². The molecule has 0 saturated carbocycles. The molecule has 32 heavy (non-hydrogen) atoms. The number of pyridine rings is 1. The highest BCUT2D eigenvalue weighted by atomic mass is 16.4. The van der Waals surface area contributed by atoms with Crippen LogP contribution in [0.15, 0.2) is 55.1 Å². The Kier molecular flexibility index (Phi) is 5.48. The lowest BCUT2D eigenvalue weighted by Gasteiger charge is -2.36. The minimum atomic E-state index is -0.943. The molecule has 3 aromatic rings. The van der Waals surface area contributed by atoms with Crippen LogP contribution in [-0.2, 0) is 0 Å². The van der Waals surface area contributed by atoms with E-state index in [0.29, 0.717) is 23.6 Å². The Bertz CT molecular complexity index is 1200. The molecule has 3 heterocycles. The van der Waals surface area contributed by atoms with Crippen LogP contribution in [0.2, 0.25) is 0 Å². The van der Waals surface area contributed by atoms with E-state index in [9.17, 15) is 14.7 Å². The number of rotatable bonds is 3. The maximum atomic E-state index is 12.5. The number of nitrogens with one attached hydrogen (secondary N) is 2. The average Bonchev–Trinajstić information content (AvgIpc) is 3.21. The van der Waals surface area contributed by atoms with Crippen LogP contribution in [0, 0.1) is 5.41 Å². The summed E-state index contributed by atoms with van der Waals surface area (Å²) in [5.74, 6) is 0.335. The number of hydrogen-bond acceptors (Lipinski definition) is 5. The fraction of sp³-hybridized carbons (Fsp3) is 0.261. The van der Waals surface area contributed by atoms with Gasteiger partial charge in [-0.15, -0.1) is 0 Å². The molecule has 0 spiro atoms. The third-order valence-electron chi connectivity index (χ3n) is 5.31. The van der Waals surface area contributed by atoms with Gasteiger partial charge in [-0.05, 0) is 34.8 Å². The van der Waals surface area contributed by atoms with Gasteiger partial charge in [0.1, 0.15) is 0 Å². The molecule has 0 bridgehead atoms. The molecule has 1 aliphatic rings. The standard InChI is InChI=1S/C23H24N6O3/c1-23(2,3)20-15(7-11-29(20)22(31)32)14-4-5-17-16(12-14)18(6-8-25-17)27-21(30)28-19-13-24-9-10-26-19/h4-10,12-13,20H,11H2,1-3H3,(H,31,32)(H2,25,26,27,28,30). The van der Waals surface area contributed by atoms with Crippen molar-refractivity contribution in [3.63, 3.8) is 0 Å². The second-order valence-corrected chi connectivity index (χ2v) is 8.62. The number of carboxylic acid groups (broad SMARTS) is 1. The highest BCUT2D eigenvalue weighted by molar-refractivity contribution is 6.05. The van der Waals surface area contributed by atoms with Crippen LogP contribution in [-0.4, -0.2) is 49.7 Å². The Morgan fingerprint density at radius 3 is 2.59 bits per heavy atom. The zero-order valence-corrected chi connectivity index (χ0v) is 18.0. The van der Waals surface area contributed by atoms with E-state index in [1.54, 1.807) is 12.3 Å². The van der Waals surface area contributed by atoms with E-state index in [1.165, 1.54) is 23.5 Å². The number of hydrogen-bond donors (Lipinski definition) is 3. The molecule has 9 heteroatoms. The summed E-state index contributed by atoms with van der Waals surface area (Å²) >= 11 is 0. The van der Waals surface area contributed by atoms with Gasteiger partial charge in [0.25, 0.3) is 0 Å². The maximum absolute atomic E-state index is 12.5. The largest absolute Gasteiger partial charge is 0.465 e. The summed E-state index contributed by atoms with van der Waals surface area (Å²) in [6, 6.07) is 6.74. The van der Waals surface area contributed by atoms with Crippen LogP contribution in [0.3, 0.4) is 0 Å². The first-order valence-corrected chi connectivity index (χ1v) is 10.2. The Morgan fingerprint density at radius 1 is 1.09 bits per heavy atom. The van der Waals surface area contributed by atoms with E-state index < -0.39 is 12.1 Å².